The van der Waals surface area contributed by atoms with Gasteiger partial charge < -0.3 is 9.84 Å². The third kappa shape index (κ3) is 4.68. The maximum Gasteiger partial charge on any atom is 0.305 e. The van der Waals surface area contributed by atoms with Gasteiger partial charge >= 0.3 is 5.97 Å². The zero-order valence-corrected chi connectivity index (χ0v) is 12.7. The number of hydrogen-bond acceptors (Lipinski definition) is 3. The van der Waals surface area contributed by atoms with E-state index in [0.717, 1.165) is 18.4 Å². The minimum Gasteiger partial charge on any atom is -0.506 e. The lowest BCUT2D eigenvalue weighted by molar-refractivity contribution is -0.143. The van der Waals surface area contributed by atoms with E-state index in [-0.39, 0.29) is 11.7 Å². The van der Waals surface area contributed by atoms with Gasteiger partial charge in [0.25, 0.3) is 0 Å². The lowest BCUT2D eigenvalue weighted by Crippen LogP contribution is -2.04. The van der Waals surface area contributed by atoms with E-state index in [4.69, 9.17) is 4.74 Å². The minimum atomic E-state index is -0.163. The average Bonchev–Trinajstić information content (AvgIpc) is 2.26. The number of phenolic OH excluding ortho intramolecular Hbond substituents is 1. The fraction of sp³-hybridized carbons (Fsp3) is 0.417. The van der Waals surface area contributed by atoms with Crippen LogP contribution in [0, 0.1) is 0 Å². The first-order valence-electron chi connectivity index (χ1n) is 5.37. The number of rotatable bonds is 5. The van der Waals surface area contributed by atoms with Gasteiger partial charge in [0.1, 0.15) is 5.75 Å². The van der Waals surface area contributed by atoms with Crippen molar-refractivity contribution in [1.82, 2.24) is 0 Å². The lowest BCUT2D eigenvalue weighted by atomic mass is 10.1. The molecule has 0 heterocycles. The summed E-state index contributed by atoms with van der Waals surface area (Å²) < 4.78 is 6.15. The summed E-state index contributed by atoms with van der Waals surface area (Å²) in [4.78, 5) is 11.1. The third-order valence-electron chi connectivity index (χ3n) is 2.23. The summed E-state index contributed by atoms with van der Waals surface area (Å²) in [5.74, 6) is 0.0311. The Bertz CT molecular complexity index is 382. The molecule has 1 aromatic carbocycles. The van der Waals surface area contributed by atoms with Crippen molar-refractivity contribution < 1.29 is 14.6 Å². The Hall–Kier alpha value is -0.550. The summed E-state index contributed by atoms with van der Waals surface area (Å²) in [6.07, 6.45) is 1.93. The predicted molar refractivity (Wildman–Crippen MR) is 73.1 cm³/mol. The van der Waals surface area contributed by atoms with Crippen LogP contribution in [0.4, 0.5) is 0 Å². The van der Waals surface area contributed by atoms with Crippen molar-refractivity contribution >= 4 is 37.8 Å². The highest BCUT2D eigenvalue weighted by Gasteiger charge is 2.07. The Balaban J connectivity index is 2.50. The van der Waals surface area contributed by atoms with Crippen molar-refractivity contribution in [3.8, 4) is 5.75 Å². The highest BCUT2D eigenvalue weighted by atomic mass is 79.9. The van der Waals surface area contributed by atoms with Gasteiger partial charge in [-0.1, -0.05) is 0 Å². The van der Waals surface area contributed by atoms with Gasteiger partial charge in [-0.2, -0.15) is 0 Å². The molecule has 0 fully saturated rings. The van der Waals surface area contributed by atoms with Crippen molar-refractivity contribution in [2.45, 2.75) is 26.2 Å². The molecule has 1 N–H and O–H groups in total. The van der Waals surface area contributed by atoms with Gasteiger partial charge in [0.2, 0.25) is 0 Å². The van der Waals surface area contributed by atoms with Crippen LogP contribution in [0.5, 0.6) is 5.75 Å². The average molecular weight is 366 g/mol. The Labute approximate surface area is 117 Å². The summed E-state index contributed by atoms with van der Waals surface area (Å²) in [7, 11) is 0. The van der Waals surface area contributed by atoms with Crippen LogP contribution in [0.1, 0.15) is 25.3 Å². The van der Waals surface area contributed by atoms with E-state index in [9.17, 15) is 9.90 Å². The smallest absolute Gasteiger partial charge is 0.305 e. The molecule has 0 radical (unpaired) electrons. The van der Waals surface area contributed by atoms with Crippen LogP contribution in [-0.2, 0) is 16.0 Å². The molecule has 0 aromatic heterocycles. The molecule has 0 saturated carbocycles. The van der Waals surface area contributed by atoms with E-state index in [1.54, 1.807) is 6.92 Å². The Kier molecular flexibility index (Phi) is 5.98. The first-order valence-corrected chi connectivity index (χ1v) is 6.95. The van der Waals surface area contributed by atoms with Crippen molar-refractivity contribution in [1.29, 1.82) is 0 Å². The zero-order chi connectivity index (χ0) is 12.8. The topological polar surface area (TPSA) is 46.5 Å². The van der Waals surface area contributed by atoms with Crippen LogP contribution in [0.25, 0.3) is 0 Å². The van der Waals surface area contributed by atoms with Crippen molar-refractivity contribution in [3.63, 3.8) is 0 Å². The van der Waals surface area contributed by atoms with E-state index in [0.29, 0.717) is 22.0 Å². The molecule has 94 valence electrons. The van der Waals surface area contributed by atoms with Crippen molar-refractivity contribution in [3.05, 3.63) is 26.6 Å². The number of halogens is 2. The van der Waals surface area contributed by atoms with Crippen molar-refractivity contribution in [2.75, 3.05) is 6.61 Å². The maximum absolute atomic E-state index is 11.1. The third-order valence-corrected chi connectivity index (χ3v) is 3.44. The Morgan fingerprint density at radius 3 is 2.47 bits per heavy atom. The van der Waals surface area contributed by atoms with E-state index in [2.05, 4.69) is 31.9 Å². The molecule has 0 aliphatic carbocycles. The van der Waals surface area contributed by atoms with Crippen LogP contribution in [0.2, 0.25) is 0 Å². The van der Waals surface area contributed by atoms with Gasteiger partial charge in [-0.05, 0) is 69.3 Å². The lowest BCUT2D eigenvalue weighted by Gasteiger charge is -2.06. The molecule has 0 bridgehead atoms. The van der Waals surface area contributed by atoms with Gasteiger partial charge in [-0.3, -0.25) is 4.79 Å². The SMILES string of the molecule is CCOC(=O)CCCc1cc(Br)c(O)c(Br)c1. The summed E-state index contributed by atoms with van der Waals surface area (Å²) >= 11 is 6.54. The molecule has 0 saturated heterocycles. The first-order chi connectivity index (χ1) is 8.04. The number of aryl methyl sites for hydroxylation is 1. The van der Waals surface area contributed by atoms with Gasteiger partial charge in [-0.15, -0.1) is 0 Å². The molecule has 0 aliphatic rings. The van der Waals surface area contributed by atoms with Gasteiger partial charge in [-0.25, -0.2) is 0 Å². The van der Waals surface area contributed by atoms with Crippen LogP contribution in [0.3, 0.4) is 0 Å². The van der Waals surface area contributed by atoms with Gasteiger partial charge in [0.05, 0.1) is 15.6 Å². The highest BCUT2D eigenvalue weighted by Crippen LogP contribution is 2.33. The molecule has 0 amide bonds. The second-order valence-corrected chi connectivity index (χ2v) is 5.28. The fourth-order valence-corrected chi connectivity index (χ4v) is 2.71. The molecule has 1 rings (SSSR count). The second kappa shape index (κ2) is 7.01. The molecule has 0 atom stereocenters. The van der Waals surface area contributed by atoms with E-state index < -0.39 is 0 Å². The number of aromatic hydroxyl groups is 1. The Morgan fingerprint density at radius 2 is 1.94 bits per heavy atom. The number of carbonyl (C=O) groups excluding carboxylic acids is 1. The largest absolute Gasteiger partial charge is 0.506 e. The van der Waals surface area contributed by atoms with Crippen LogP contribution < -0.4 is 0 Å². The molecule has 0 unspecified atom stereocenters. The monoisotopic (exact) mass is 364 g/mol. The number of phenols is 1. The minimum absolute atomic E-state index is 0.163. The number of ether oxygens (including phenoxy) is 1. The van der Waals surface area contributed by atoms with E-state index >= 15 is 0 Å². The number of benzene rings is 1. The molecule has 0 aliphatic heterocycles. The van der Waals surface area contributed by atoms with Gasteiger partial charge in [0, 0.05) is 6.42 Å². The van der Waals surface area contributed by atoms with Gasteiger partial charge in [0.15, 0.2) is 0 Å². The predicted octanol–water partition coefficient (Wildman–Crippen LogP) is 3.80. The molecule has 0 spiro atoms. The van der Waals surface area contributed by atoms with Crippen LogP contribution in [0.15, 0.2) is 21.1 Å². The molecule has 1 aromatic rings. The standard InChI is InChI=1S/C12H14Br2O3/c1-2-17-11(15)5-3-4-8-6-9(13)12(16)10(14)7-8/h6-7,16H,2-5H2,1H3. The summed E-state index contributed by atoms with van der Waals surface area (Å²) in [5, 5.41) is 9.55. The summed E-state index contributed by atoms with van der Waals surface area (Å²) in [6.45, 7) is 2.22. The van der Waals surface area contributed by atoms with Crippen molar-refractivity contribution in [2.24, 2.45) is 0 Å². The highest BCUT2D eigenvalue weighted by molar-refractivity contribution is 9.11. The van der Waals surface area contributed by atoms with Crippen LogP contribution in [-0.4, -0.2) is 17.7 Å². The Morgan fingerprint density at radius 1 is 1.35 bits per heavy atom. The second-order valence-electron chi connectivity index (χ2n) is 3.57. The van der Waals surface area contributed by atoms with E-state index in [1.807, 2.05) is 12.1 Å². The molecule has 3 nitrogen and oxygen atoms in total. The molecular weight excluding hydrogens is 352 g/mol. The number of hydrogen-bond donors (Lipinski definition) is 1. The zero-order valence-electron chi connectivity index (χ0n) is 9.50. The summed E-state index contributed by atoms with van der Waals surface area (Å²) in [5.41, 5.74) is 1.06. The number of carbonyl (C=O) groups is 1. The van der Waals surface area contributed by atoms with Crippen LogP contribution >= 0.6 is 31.9 Å². The normalized spacial score (nSPS) is 10.3. The molecule has 5 heteroatoms. The molecule has 17 heavy (non-hydrogen) atoms. The molecular formula is C12H14Br2O3. The first kappa shape index (κ1) is 14.5. The number of esters is 1. The van der Waals surface area contributed by atoms with E-state index in [1.165, 1.54) is 0 Å². The quantitative estimate of drug-likeness (QED) is 0.807. The maximum atomic E-state index is 11.1. The fourth-order valence-electron chi connectivity index (χ4n) is 1.43. The summed E-state index contributed by atoms with van der Waals surface area (Å²) in [6, 6.07) is 3.70.